The Hall–Kier alpha value is -1.69. The van der Waals surface area contributed by atoms with Crippen molar-refractivity contribution in [2.45, 2.75) is 6.42 Å². The van der Waals surface area contributed by atoms with E-state index in [1.165, 1.54) is 0 Å². The summed E-state index contributed by atoms with van der Waals surface area (Å²) < 4.78 is 0. The maximum atomic E-state index is 12.1. The van der Waals surface area contributed by atoms with Gasteiger partial charge in [0.15, 0.2) is 0 Å². The van der Waals surface area contributed by atoms with Gasteiger partial charge in [-0.05, 0) is 12.5 Å². The van der Waals surface area contributed by atoms with E-state index in [1.807, 2.05) is 4.90 Å². The zero-order valence-corrected chi connectivity index (χ0v) is 10.5. The molecule has 98 valence electrons. The highest BCUT2D eigenvalue weighted by Gasteiger charge is 2.31. The summed E-state index contributed by atoms with van der Waals surface area (Å²) in [5, 5.41) is 8.83. The predicted octanol–water partition coefficient (Wildman–Crippen LogP) is -0.246. The van der Waals surface area contributed by atoms with Gasteiger partial charge in [-0.3, -0.25) is 4.79 Å². The fraction of sp³-hybridized carbons (Fsp3) is 0.583. The normalized spacial score (nSPS) is 19.0. The van der Waals surface area contributed by atoms with Crippen LogP contribution in [0.4, 0.5) is 5.95 Å². The first kappa shape index (κ1) is 12.8. The molecule has 1 aliphatic heterocycles. The lowest BCUT2D eigenvalue weighted by Gasteiger charge is -2.20. The van der Waals surface area contributed by atoms with Gasteiger partial charge in [-0.25, -0.2) is 9.97 Å². The molecular weight excluding hydrogens is 232 g/mol. The number of aliphatic hydroxyl groups is 1. The van der Waals surface area contributed by atoms with Crippen molar-refractivity contribution in [1.82, 2.24) is 14.9 Å². The number of hydrogen-bond donors (Lipinski definition) is 1. The number of hydrogen-bond acceptors (Lipinski definition) is 5. The van der Waals surface area contributed by atoms with E-state index < -0.39 is 0 Å². The fourth-order valence-electron chi connectivity index (χ4n) is 2.17. The maximum absolute atomic E-state index is 12.1. The van der Waals surface area contributed by atoms with Crippen molar-refractivity contribution < 1.29 is 9.90 Å². The standard InChI is InChI=1S/C12H18N4O2/c1-15(7-8-17)11(18)10-3-6-16(9-10)12-13-4-2-5-14-12/h2,4-5,10,17H,3,6-9H2,1H3. The molecule has 6 heteroatoms. The number of carbonyl (C=O) groups excluding carboxylic acids is 1. The molecule has 1 fully saturated rings. The smallest absolute Gasteiger partial charge is 0.227 e. The number of likely N-dealkylation sites (N-methyl/N-ethyl adjacent to an activating group) is 1. The second kappa shape index (κ2) is 5.77. The molecule has 1 aromatic rings. The molecule has 0 radical (unpaired) electrons. The molecule has 1 aliphatic rings. The lowest BCUT2D eigenvalue weighted by Crippen LogP contribution is -2.36. The van der Waals surface area contributed by atoms with Gasteiger partial charge in [-0.15, -0.1) is 0 Å². The van der Waals surface area contributed by atoms with Gasteiger partial charge in [0.25, 0.3) is 0 Å². The SMILES string of the molecule is CN(CCO)C(=O)C1CCN(c2ncccn2)C1. The van der Waals surface area contributed by atoms with E-state index in [4.69, 9.17) is 5.11 Å². The molecule has 1 N–H and O–H groups in total. The first-order valence-corrected chi connectivity index (χ1v) is 6.10. The quantitative estimate of drug-likeness (QED) is 0.798. The Morgan fingerprint density at radius 2 is 2.28 bits per heavy atom. The van der Waals surface area contributed by atoms with E-state index in [0.717, 1.165) is 13.0 Å². The van der Waals surface area contributed by atoms with Gasteiger partial charge in [-0.2, -0.15) is 0 Å². The highest BCUT2D eigenvalue weighted by molar-refractivity contribution is 5.79. The minimum absolute atomic E-state index is 0.000467. The number of carbonyl (C=O) groups is 1. The lowest BCUT2D eigenvalue weighted by molar-refractivity contribution is -0.133. The Morgan fingerprint density at radius 3 is 2.94 bits per heavy atom. The Morgan fingerprint density at radius 1 is 1.56 bits per heavy atom. The zero-order valence-electron chi connectivity index (χ0n) is 10.5. The molecule has 2 rings (SSSR count). The van der Waals surface area contributed by atoms with Crippen molar-refractivity contribution in [1.29, 1.82) is 0 Å². The number of nitrogens with zero attached hydrogens (tertiary/aromatic N) is 4. The lowest BCUT2D eigenvalue weighted by atomic mass is 10.1. The first-order chi connectivity index (χ1) is 8.72. The average Bonchev–Trinajstić information content (AvgIpc) is 2.89. The highest BCUT2D eigenvalue weighted by atomic mass is 16.3. The topological polar surface area (TPSA) is 69.6 Å². The van der Waals surface area contributed by atoms with Crippen LogP contribution in [0.3, 0.4) is 0 Å². The van der Waals surface area contributed by atoms with Crippen LogP contribution in [0.5, 0.6) is 0 Å². The zero-order chi connectivity index (χ0) is 13.0. The van der Waals surface area contributed by atoms with E-state index in [1.54, 1.807) is 30.4 Å². The van der Waals surface area contributed by atoms with Crippen molar-refractivity contribution in [3.05, 3.63) is 18.5 Å². The van der Waals surface area contributed by atoms with Crippen molar-refractivity contribution in [3.63, 3.8) is 0 Å². The molecule has 1 saturated heterocycles. The molecule has 1 unspecified atom stereocenters. The van der Waals surface area contributed by atoms with Gasteiger partial charge in [0.1, 0.15) is 0 Å². The third kappa shape index (κ3) is 2.76. The van der Waals surface area contributed by atoms with Crippen LogP contribution >= 0.6 is 0 Å². The summed E-state index contributed by atoms with van der Waals surface area (Å²) in [5.41, 5.74) is 0. The summed E-state index contributed by atoms with van der Waals surface area (Å²) in [4.78, 5) is 24.0. The summed E-state index contributed by atoms with van der Waals surface area (Å²) in [7, 11) is 1.72. The van der Waals surface area contributed by atoms with Crippen LogP contribution in [0.25, 0.3) is 0 Å². The molecule has 18 heavy (non-hydrogen) atoms. The van der Waals surface area contributed by atoms with Gasteiger partial charge in [0.05, 0.1) is 12.5 Å². The third-order valence-electron chi connectivity index (χ3n) is 3.18. The Bertz CT molecular complexity index is 398. The molecule has 2 heterocycles. The van der Waals surface area contributed by atoms with Crippen LogP contribution < -0.4 is 4.90 Å². The van der Waals surface area contributed by atoms with E-state index in [2.05, 4.69) is 9.97 Å². The summed E-state index contributed by atoms with van der Waals surface area (Å²) >= 11 is 0. The van der Waals surface area contributed by atoms with E-state index in [0.29, 0.717) is 19.0 Å². The van der Waals surface area contributed by atoms with Gasteiger partial charge < -0.3 is 14.9 Å². The van der Waals surface area contributed by atoms with Crippen LogP contribution in [-0.4, -0.2) is 59.2 Å². The van der Waals surface area contributed by atoms with Gasteiger partial charge in [0.2, 0.25) is 11.9 Å². The van der Waals surface area contributed by atoms with Crippen LogP contribution in [-0.2, 0) is 4.79 Å². The molecule has 6 nitrogen and oxygen atoms in total. The van der Waals surface area contributed by atoms with E-state index in [-0.39, 0.29) is 18.4 Å². The molecule has 1 aromatic heterocycles. The second-order valence-corrected chi connectivity index (χ2v) is 4.46. The highest BCUT2D eigenvalue weighted by Crippen LogP contribution is 2.21. The fourth-order valence-corrected chi connectivity index (χ4v) is 2.17. The van der Waals surface area contributed by atoms with E-state index >= 15 is 0 Å². The summed E-state index contributed by atoms with van der Waals surface area (Å²) in [6, 6.07) is 1.78. The van der Waals surface area contributed by atoms with E-state index in [9.17, 15) is 4.79 Å². The predicted molar refractivity (Wildman–Crippen MR) is 67.1 cm³/mol. The minimum atomic E-state index is -0.0228. The number of anilines is 1. The molecule has 0 spiro atoms. The monoisotopic (exact) mass is 250 g/mol. The molecule has 0 bridgehead atoms. The summed E-state index contributed by atoms with van der Waals surface area (Å²) in [6.07, 6.45) is 4.22. The summed E-state index contributed by atoms with van der Waals surface area (Å²) in [5.74, 6) is 0.741. The Kier molecular flexibility index (Phi) is 4.09. The summed E-state index contributed by atoms with van der Waals surface area (Å²) in [6.45, 7) is 1.84. The second-order valence-electron chi connectivity index (χ2n) is 4.46. The van der Waals surface area contributed by atoms with Crippen LogP contribution in [0.15, 0.2) is 18.5 Å². The number of aliphatic hydroxyl groups excluding tert-OH is 1. The van der Waals surface area contributed by atoms with Crippen molar-refractivity contribution in [2.75, 3.05) is 38.2 Å². The number of amides is 1. The van der Waals surface area contributed by atoms with Crippen molar-refractivity contribution in [2.24, 2.45) is 5.92 Å². The maximum Gasteiger partial charge on any atom is 0.227 e. The molecule has 0 aliphatic carbocycles. The van der Waals surface area contributed by atoms with Crippen molar-refractivity contribution >= 4 is 11.9 Å². The largest absolute Gasteiger partial charge is 0.395 e. The van der Waals surface area contributed by atoms with Gasteiger partial charge >= 0.3 is 0 Å². The molecule has 1 amide bonds. The molecule has 0 saturated carbocycles. The Balaban J connectivity index is 1.94. The van der Waals surface area contributed by atoms with Crippen LogP contribution in [0.2, 0.25) is 0 Å². The minimum Gasteiger partial charge on any atom is -0.395 e. The first-order valence-electron chi connectivity index (χ1n) is 6.10. The molecule has 0 aromatic carbocycles. The van der Waals surface area contributed by atoms with Gasteiger partial charge in [-0.1, -0.05) is 0 Å². The van der Waals surface area contributed by atoms with Gasteiger partial charge in [0, 0.05) is 39.1 Å². The third-order valence-corrected chi connectivity index (χ3v) is 3.18. The average molecular weight is 250 g/mol. The van der Waals surface area contributed by atoms with Crippen molar-refractivity contribution in [3.8, 4) is 0 Å². The molecule has 1 atom stereocenters. The molecular formula is C12H18N4O2. The Labute approximate surface area is 106 Å². The number of aromatic nitrogens is 2. The number of rotatable bonds is 4. The van der Waals surface area contributed by atoms with Crippen LogP contribution in [0.1, 0.15) is 6.42 Å². The van der Waals surface area contributed by atoms with Crippen LogP contribution in [0, 0.1) is 5.92 Å².